The summed E-state index contributed by atoms with van der Waals surface area (Å²) in [5.41, 5.74) is 2.45. The van der Waals surface area contributed by atoms with Gasteiger partial charge in [-0.15, -0.1) is 0 Å². The molecule has 158 valence electrons. The molecule has 1 aliphatic rings. The molecule has 9 heteroatoms. The smallest absolute Gasteiger partial charge is 0.255 e. The summed E-state index contributed by atoms with van der Waals surface area (Å²) in [5.74, 6) is 0.857. The van der Waals surface area contributed by atoms with Crippen LogP contribution in [0.5, 0.6) is 11.5 Å². The molecule has 1 heterocycles. The molecule has 0 fully saturated rings. The van der Waals surface area contributed by atoms with Crippen molar-refractivity contribution < 1.29 is 14.3 Å². The predicted molar refractivity (Wildman–Crippen MR) is 126 cm³/mol. The van der Waals surface area contributed by atoms with Crippen molar-refractivity contribution in [3.05, 3.63) is 62.7 Å². The third kappa shape index (κ3) is 4.71. The van der Waals surface area contributed by atoms with Crippen LogP contribution in [0.1, 0.15) is 25.5 Å². The molecule has 6 nitrogen and oxygen atoms in total. The summed E-state index contributed by atoms with van der Waals surface area (Å²) in [5, 5.41) is 9.96. The van der Waals surface area contributed by atoms with Crippen LogP contribution in [0.4, 0.5) is 5.69 Å². The van der Waals surface area contributed by atoms with Gasteiger partial charge in [-0.2, -0.15) is 0 Å². The zero-order chi connectivity index (χ0) is 21.8. The first-order chi connectivity index (χ1) is 14.3. The molecule has 0 aliphatic carbocycles. The van der Waals surface area contributed by atoms with Crippen LogP contribution in [0, 0.1) is 0 Å². The molecule has 3 N–H and O–H groups in total. The molecule has 1 amide bonds. The number of halogens is 2. The Morgan fingerprint density at radius 3 is 2.73 bits per heavy atom. The number of carbonyl (C=O) groups excluding carboxylic acids is 1. The second-order valence-corrected chi connectivity index (χ2v) is 8.14. The first-order valence-corrected chi connectivity index (χ1v) is 10.8. The topological polar surface area (TPSA) is 71.6 Å². The number of benzene rings is 2. The van der Waals surface area contributed by atoms with Gasteiger partial charge in [0.25, 0.3) is 5.91 Å². The Bertz CT molecular complexity index is 1030. The lowest BCUT2D eigenvalue weighted by molar-refractivity contribution is -0.113. The first kappa shape index (κ1) is 22.4. The van der Waals surface area contributed by atoms with Crippen molar-refractivity contribution in [1.29, 1.82) is 0 Å². The van der Waals surface area contributed by atoms with Crippen LogP contribution in [0.3, 0.4) is 0 Å². The second kappa shape index (κ2) is 9.68. The van der Waals surface area contributed by atoms with Gasteiger partial charge in [-0.3, -0.25) is 4.79 Å². The largest absolute Gasteiger partial charge is 0.493 e. The first-order valence-electron chi connectivity index (χ1n) is 9.20. The minimum atomic E-state index is -0.498. The van der Waals surface area contributed by atoms with Gasteiger partial charge >= 0.3 is 0 Å². The van der Waals surface area contributed by atoms with Crippen LogP contribution in [-0.4, -0.2) is 24.7 Å². The number of anilines is 1. The van der Waals surface area contributed by atoms with Crippen LogP contribution in [0.2, 0.25) is 5.02 Å². The fourth-order valence-corrected chi connectivity index (χ4v) is 4.22. The molecule has 0 saturated heterocycles. The summed E-state index contributed by atoms with van der Waals surface area (Å²) >= 11 is 15.1. The highest BCUT2D eigenvalue weighted by Gasteiger charge is 2.31. The fraction of sp³-hybridized carbons (Fsp3) is 0.238. The Labute approximate surface area is 194 Å². The number of hydrogen-bond acceptors (Lipinski definition) is 4. The van der Waals surface area contributed by atoms with Crippen molar-refractivity contribution in [2.75, 3.05) is 19.0 Å². The van der Waals surface area contributed by atoms with E-state index in [1.54, 1.807) is 31.4 Å². The molecule has 0 aromatic heterocycles. The molecule has 0 spiro atoms. The number of thiocarbonyl (C=S) groups is 1. The Morgan fingerprint density at radius 1 is 1.33 bits per heavy atom. The third-order valence-electron chi connectivity index (χ3n) is 4.51. The SMILES string of the molecule is CCOc1c(Br)cc(C2NC(=S)NC(C)=C2C(=O)Nc2ccccc2Cl)cc1OC. The Morgan fingerprint density at radius 2 is 2.07 bits per heavy atom. The third-order valence-corrected chi connectivity index (χ3v) is 5.65. The lowest BCUT2D eigenvalue weighted by atomic mass is 9.94. The monoisotopic (exact) mass is 509 g/mol. The fourth-order valence-electron chi connectivity index (χ4n) is 3.19. The van der Waals surface area contributed by atoms with Gasteiger partial charge in [-0.05, 0) is 71.8 Å². The molecule has 0 radical (unpaired) electrons. The number of amides is 1. The quantitative estimate of drug-likeness (QED) is 0.478. The highest BCUT2D eigenvalue weighted by molar-refractivity contribution is 9.10. The molecule has 0 saturated carbocycles. The standard InChI is InChI=1S/C21H21BrClN3O3S/c1-4-29-19-13(22)9-12(10-16(19)28-3)18-17(11(2)24-21(30)26-18)20(27)25-15-8-6-5-7-14(15)23/h5-10,18H,4H2,1-3H3,(H,25,27)(H2,24,26,30). The van der Waals surface area contributed by atoms with E-state index in [0.29, 0.717) is 49.7 Å². The number of allylic oxidation sites excluding steroid dienone is 1. The zero-order valence-electron chi connectivity index (χ0n) is 16.6. The molecule has 30 heavy (non-hydrogen) atoms. The van der Waals surface area contributed by atoms with Gasteiger partial charge in [0.1, 0.15) is 0 Å². The van der Waals surface area contributed by atoms with Gasteiger partial charge in [0.05, 0.1) is 40.5 Å². The predicted octanol–water partition coefficient (Wildman–Crippen LogP) is 4.94. The highest BCUT2D eigenvalue weighted by atomic mass is 79.9. The van der Waals surface area contributed by atoms with E-state index >= 15 is 0 Å². The molecule has 3 rings (SSSR count). The van der Waals surface area contributed by atoms with E-state index in [0.717, 1.165) is 5.56 Å². The zero-order valence-corrected chi connectivity index (χ0v) is 19.8. The highest BCUT2D eigenvalue weighted by Crippen LogP contribution is 2.40. The molecular weight excluding hydrogens is 490 g/mol. The summed E-state index contributed by atoms with van der Waals surface area (Å²) in [4.78, 5) is 13.2. The lowest BCUT2D eigenvalue weighted by Crippen LogP contribution is -2.45. The number of para-hydroxylation sites is 1. The second-order valence-electron chi connectivity index (χ2n) is 6.47. The summed E-state index contributed by atoms with van der Waals surface area (Å²) in [6.07, 6.45) is 0. The Hall–Kier alpha value is -2.29. The number of ether oxygens (including phenoxy) is 2. The van der Waals surface area contributed by atoms with Crippen LogP contribution >= 0.6 is 39.7 Å². The molecule has 1 aliphatic heterocycles. The summed E-state index contributed by atoms with van der Waals surface area (Å²) in [7, 11) is 1.57. The van der Waals surface area contributed by atoms with Crippen LogP contribution in [-0.2, 0) is 4.79 Å². The Balaban J connectivity index is 2.03. The maximum Gasteiger partial charge on any atom is 0.255 e. The number of nitrogens with one attached hydrogen (secondary N) is 3. The maximum absolute atomic E-state index is 13.2. The average molecular weight is 511 g/mol. The lowest BCUT2D eigenvalue weighted by Gasteiger charge is -2.31. The summed E-state index contributed by atoms with van der Waals surface area (Å²) in [6, 6.07) is 10.3. The van der Waals surface area contributed by atoms with E-state index < -0.39 is 6.04 Å². The van der Waals surface area contributed by atoms with Crippen LogP contribution in [0.15, 0.2) is 52.1 Å². The van der Waals surface area contributed by atoms with Crippen LogP contribution < -0.4 is 25.4 Å². The van der Waals surface area contributed by atoms with E-state index in [2.05, 4.69) is 31.9 Å². The van der Waals surface area contributed by atoms with E-state index in [-0.39, 0.29) is 5.91 Å². The van der Waals surface area contributed by atoms with Gasteiger partial charge < -0.3 is 25.4 Å². The van der Waals surface area contributed by atoms with E-state index in [9.17, 15) is 4.79 Å². The van der Waals surface area contributed by atoms with Gasteiger partial charge in [0.15, 0.2) is 16.6 Å². The number of carbonyl (C=O) groups is 1. The average Bonchev–Trinajstić information content (AvgIpc) is 2.70. The normalized spacial score (nSPS) is 15.9. The minimum Gasteiger partial charge on any atom is -0.493 e. The molecular formula is C21H21BrClN3O3S. The van der Waals surface area contributed by atoms with Crippen molar-refractivity contribution in [1.82, 2.24) is 10.6 Å². The van der Waals surface area contributed by atoms with Crippen molar-refractivity contribution in [2.45, 2.75) is 19.9 Å². The molecule has 1 unspecified atom stereocenters. The van der Waals surface area contributed by atoms with E-state index in [1.807, 2.05) is 26.0 Å². The van der Waals surface area contributed by atoms with E-state index in [4.69, 9.17) is 33.3 Å². The Kier molecular flexibility index (Phi) is 7.23. The van der Waals surface area contributed by atoms with Gasteiger partial charge in [-0.25, -0.2) is 0 Å². The maximum atomic E-state index is 13.2. The van der Waals surface area contributed by atoms with Crippen molar-refractivity contribution >= 4 is 56.5 Å². The minimum absolute atomic E-state index is 0.294. The van der Waals surface area contributed by atoms with Crippen molar-refractivity contribution in [3.8, 4) is 11.5 Å². The number of rotatable bonds is 6. The molecule has 2 aromatic rings. The summed E-state index contributed by atoms with van der Waals surface area (Å²) in [6.45, 7) is 4.20. The number of methoxy groups -OCH3 is 1. The summed E-state index contributed by atoms with van der Waals surface area (Å²) < 4.78 is 11.9. The molecule has 0 bridgehead atoms. The van der Waals surface area contributed by atoms with Crippen LogP contribution in [0.25, 0.3) is 0 Å². The van der Waals surface area contributed by atoms with Crippen molar-refractivity contribution in [3.63, 3.8) is 0 Å². The van der Waals surface area contributed by atoms with Gasteiger partial charge in [-0.1, -0.05) is 23.7 Å². The molecule has 1 atom stereocenters. The van der Waals surface area contributed by atoms with E-state index in [1.165, 1.54) is 0 Å². The van der Waals surface area contributed by atoms with Gasteiger partial charge in [0, 0.05) is 5.70 Å². The molecule has 2 aromatic carbocycles. The number of hydrogen-bond donors (Lipinski definition) is 3. The van der Waals surface area contributed by atoms with Crippen molar-refractivity contribution in [2.24, 2.45) is 0 Å². The van der Waals surface area contributed by atoms with Gasteiger partial charge in [0.2, 0.25) is 0 Å².